The number of ether oxygens (including phenoxy) is 2. The second kappa shape index (κ2) is 7.10. The van der Waals surface area contributed by atoms with Crippen LogP contribution < -0.4 is 5.32 Å². The molecule has 1 aliphatic rings. The molecular weight excluding hydrogens is 230 g/mol. The molecule has 1 saturated carbocycles. The van der Waals surface area contributed by atoms with Crippen molar-refractivity contribution in [1.29, 1.82) is 0 Å². The monoisotopic (exact) mass is 257 g/mol. The maximum atomic E-state index is 11.9. The first-order valence-corrected chi connectivity index (χ1v) is 7.00. The zero-order valence-corrected chi connectivity index (χ0v) is 12.1. The summed E-state index contributed by atoms with van der Waals surface area (Å²) in [6.07, 6.45) is 5.68. The first-order valence-electron chi connectivity index (χ1n) is 7.00. The molecule has 0 radical (unpaired) electrons. The number of hydrogen-bond acceptors (Lipinski definition) is 4. The van der Waals surface area contributed by atoms with Gasteiger partial charge in [0.25, 0.3) is 0 Å². The van der Waals surface area contributed by atoms with Crippen LogP contribution in [-0.2, 0) is 14.3 Å². The summed E-state index contributed by atoms with van der Waals surface area (Å²) in [5.41, 5.74) is -0.645. The summed E-state index contributed by atoms with van der Waals surface area (Å²) in [7, 11) is 1.44. The highest BCUT2D eigenvalue weighted by Gasteiger charge is 2.36. The molecule has 1 fully saturated rings. The highest BCUT2D eigenvalue weighted by Crippen LogP contribution is 2.26. The fourth-order valence-electron chi connectivity index (χ4n) is 2.31. The fraction of sp³-hybridized carbons (Fsp3) is 0.929. The predicted molar refractivity (Wildman–Crippen MR) is 71.5 cm³/mol. The molecule has 1 N–H and O–H groups in total. The molecule has 1 aliphatic carbocycles. The Hall–Kier alpha value is -0.610. The molecule has 2 atom stereocenters. The number of nitrogens with one attached hydrogen (secondary N) is 1. The van der Waals surface area contributed by atoms with Crippen LogP contribution in [0.25, 0.3) is 0 Å². The maximum absolute atomic E-state index is 11.9. The van der Waals surface area contributed by atoms with Crippen molar-refractivity contribution in [2.45, 2.75) is 70.6 Å². The van der Waals surface area contributed by atoms with E-state index in [1.165, 1.54) is 13.5 Å². The topological polar surface area (TPSA) is 47.6 Å². The average Bonchev–Trinajstić information content (AvgIpc) is 2.30. The number of carbonyl (C=O) groups is 1. The molecule has 18 heavy (non-hydrogen) atoms. The summed E-state index contributed by atoms with van der Waals surface area (Å²) in [6.45, 7) is 6.82. The summed E-state index contributed by atoms with van der Waals surface area (Å²) in [4.78, 5) is 11.9. The van der Waals surface area contributed by atoms with Crippen molar-refractivity contribution in [2.75, 3.05) is 13.7 Å². The first-order chi connectivity index (χ1) is 8.51. The van der Waals surface area contributed by atoms with E-state index in [2.05, 4.69) is 12.2 Å². The Kier molecular flexibility index (Phi) is 6.09. The standard InChI is InChI=1S/C14H27NO3/c1-5-9-15-14(3,13(16)17-4)10-11(2)18-12-7-6-8-12/h11-12,15H,5-10H2,1-4H3. The Morgan fingerprint density at radius 2 is 2.17 bits per heavy atom. The van der Waals surface area contributed by atoms with Gasteiger partial charge in [-0.25, -0.2) is 0 Å². The number of hydrogen-bond donors (Lipinski definition) is 1. The number of rotatable bonds is 8. The van der Waals surface area contributed by atoms with Crippen molar-refractivity contribution in [1.82, 2.24) is 5.32 Å². The van der Waals surface area contributed by atoms with Crippen LogP contribution in [0.1, 0.15) is 52.9 Å². The molecule has 106 valence electrons. The number of esters is 1. The van der Waals surface area contributed by atoms with E-state index in [4.69, 9.17) is 9.47 Å². The van der Waals surface area contributed by atoms with Gasteiger partial charge in [-0.05, 0) is 46.1 Å². The molecule has 0 spiro atoms. The van der Waals surface area contributed by atoms with Crippen LogP contribution >= 0.6 is 0 Å². The van der Waals surface area contributed by atoms with Crippen molar-refractivity contribution >= 4 is 5.97 Å². The van der Waals surface area contributed by atoms with Crippen LogP contribution in [0.4, 0.5) is 0 Å². The van der Waals surface area contributed by atoms with Gasteiger partial charge in [-0.3, -0.25) is 4.79 Å². The van der Waals surface area contributed by atoms with Gasteiger partial charge in [0.1, 0.15) is 5.54 Å². The van der Waals surface area contributed by atoms with E-state index < -0.39 is 5.54 Å². The molecular formula is C14H27NO3. The second-order valence-corrected chi connectivity index (χ2v) is 5.45. The SMILES string of the molecule is CCCNC(C)(CC(C)OC1CCC1)C(=O)OC. The molecule has 0 aromatic rings. The van der Waals surface area contributed by atoms with Gasteiger partial charge in [0.2, 0.25) is 0 Å². The van der Waals surface area contributed by atoms with Crippen molar-refractivity contribution in [2.24, 2.45) is 0 Å². The zero-order valence-electron chi connectivity index (χ0n) is 12.1. The van der Waals surface area contributed by atoms with Crippen LogP contribution in [0.3, 0.4) is 0 Å². The average molecular weight is 257 g/mol. The molecule has 2 unspecified atom stereocenters. The van der Waals surface area contributed by atoms with E-state index in [1.54, 1.807) is 0 Å². The molecule has 4 nitrogen and oxygen atoms in total. The third kappa shape index (κ3) is 4.25. The lowest BCUT2D eigenvalue weighted by atomic mass is 9.92. The second-order valence-electron chi connectivity index (χ2n) is 5.45. The molecule has 0 aromatic carbocycles. The summed E-state index contributed by atoms with van der Waals surface area (Å²) in [5, 5.41) is 3.28. The Balaban J connectivity index is 2.49. The van der Waals surface area contributed by atoms with Gasteiger partial charge >= 0.3 is 5.97 Å². The molecule has 0 heterocycles. The van der Waals surface area contributed by atoms with Gasteiger partial charge in [-0.1, -0.05) is 6.92 Å². The Morgan fingerprint density at radius 3 is 2.61 bits per heavy atom. The van der Waals surface area contributed by atoms with E-state index >= 15 is 0 Å². The Bertz CT molecular complexity index is 266. The van der Waals surface area contributed by atoms with Crippen molar-refractivity contribution < 1.29 is 14.3 Å². The highest BCUT2D eigenvalue weighted by atomic mass is 16.5. The lowest BCUT2D eigenvalue weighted by molar-refractivity contribution is -0.150. The zero-order chi connectivity index (χ0) is 13.6. The predicted octanol–water partition coefficient (Wildman–Crippen LogP) is 2.27. The fourth-order valence-corrected chi connectivity index (χ4v) is 2.31. The quantitative estimate of drug-likeness (QED) is 0.678. The summed E-state index contributed by atoms with van der Waals surface area (Å²) in [5.74, 6) is -0.208. The minimum atomic E-state index is -0.645. The van der Waals surface area contributed by atoms with Gasteiger partial charge in [0, 0.05) is 6.42 Å². The normalized spacial score (nSPS) is 20.9. The molecule has 4 heteroatoms. The van der Waals surface area contributed by atoms with E-state index in [0.717, 1.165) is 25.8 Å². The van der Waals surface area contributed by atoms with Crippen LogP contribution in [0, 0.1) is 0 Å². The maximum Gasteiger partial charge on any atom is 0.325 e. The highest BCUT2D eigenvalue weighted by molar-refractivity contribution is 5.80. The van der Waals surface area contributed by atoms with Crippen LogP contribution in [0.15, 0.2) is 0 Å². The summed E-state index contributed by atoms with van der Waals surface area (Å²) < 4.78 is 10.8. The number of methoxy groups -OCH3 is 1. The van der Waals surface area contributed by atoms with Gasteiger partial charge in [0.05, 0.1) is 19.3 Å². The molecule has 0 aromatic heterocycles. The van der Waals surface area contributed by atoms with Gasteiger partial charge in [-0.2, -0.15) is 0 Å². The minimum absolute atomic E-state index is 0.0729. The van der Waals surface area contributed by atoms with E-state index in [9.17, 15) is 4.79 Å². The molecule has 1 rings (SSSR count). The van der Waals surface area contributed by atoms with Crippen LogP contribution in [0.2, 0.25) is 0 Å². The molecule has 0 aliphatic heterocycles. The lowest BCUT2D eigenvalue weighted by Gasteiger charge is -2.34. The van der Waals surface area contributed by atoms with Crippen LogP contribution in [0.5, 0.6) is 0 Å². The summed E-state index contributed by atoms with van der Waals surface area (Å²) >= 11 is 0. The third-order valence-electron chi connectivity index (χ3n) is 3.57. The smallest absolute Gasteiger partial charge is 0.325 e. The largest absolute Gasteiger partial charge is 0.468 e. The Morgan fingerprint density at radius 1 is 1.50 bits per heavy atom. The van der Waals surface area contributed by atoms with Crippen LogP contribution in [-0.4, -0.2) is 37.4 Å². The van der Waals surface area contributed by atoms with E-state index in [-0.39, 0.29) is 12.1 Å². The van der Waals surface area contributed by atoms with Gasteiger partial charge in [0.15, 0.2) is 0 Å². The van der Waals surface area contributed by atoms with Crippen molar-refractivity contribution in [3.8, 4) is 0 Å². The summed E-state index contributed by atoms with van der Waals surface area (Å²) in [6, 6.07) is 0. The minimum Gasteiger partial charge on any atom is -0.468 e. The first kappa shape index (κ1) is 15.4. The van der Waals surface area contributed by atoms with Crippen molar-refractivity contribution in [3.63, 3.8) is 0 Å². The molecule has 0 saturated heterocycles. The van der Waals surface area contributed by atoms with E-state index in [0.29, 0.717) is 12.5 Å². The molecule has 0 bridgehead atoms. The van der Waals surface area contributed by atoms with Gasteiger partial charge < -0.3 is 14.8 Å². The third-order valence-corrected chi connectivity index (χ3v) is 3.57. The Labute approximate surface area is 110 Å². The van der Waals surface area contributed by atoms with Gasteiger partial charge in [-0.15, -0.1) is 0 Å². The molecule has 0 amide bonds. The lowest BCUT2D eigenvalue weighted by Crippen LogP contribution is -2.52. The van der Waals surface area contributed by atoms with E-state index in [1.807, 2.05) is 13.8 Å². The number of carbonyl (C=O) groups excluding carboxylic acids is 1. The van der Waals surface area contributed by atoms with Crippen molar-refractivity contribution in [3.05, 3.63) is 0 Å².